The largest absolute Gasteiger partial charge is 0.369 e. The van der Waals surface area contributed by atoms with E-state index in [1.165, 1.54) is 29.5 Å². The number of halogens is 1. The van der Waals surface area contributed by atoms with Gasteiger partial charge in [-0.15, -0.1) is 0 Å². The first kappa shape index (κ1) is 20.4. The molecule has 6 heteroatoms. The number of likely N-dealkylation sites (N-methyl/N-ethyl adjacent to an activating group) is 1. The number of carbonyl (C=O) groups excluding carboxylic acids is 1. The number of nitrogens with two attached hydrogens (primary N) is 1. The molecule has 2 N–H and O–H groups in total. The Morgan fingerprint density at radius 2 is 1.78 bits per heavy atom. The molecule has 0 bridgehead atoms. The van der Waals surface area contributed by atoms with Crippen molar-refractivity contribution in [2.75, 3.05) is 7.05 Å². The van der Waals surface area contributed by atoms with Gasteiger partial charge in [-0.3, -0.25) is 9.69 Å². The van der Waals surface area contributed by atoms with E-state index in [4.69, 9.17) is 10.7 Å². The van der Waals surface area contributed by atoms with Gasteiger partial charge in [0.15, 0.2) is 5.96 Å². The van der Waals surface area contributed by atoms with Crippen LogP contribution in [0.4, 0.5) is 4.39 Å². The summed E-state index contributed by atoms with van der Waals surface area (Å²) in [5.41, 5.74) is 9.28. The molecule has 2 aromatic carbocycles. The lowest BCUT2D eigenvalue weighted by Crippen LogP contribution is -2.52. The van der Waals surface area contributed by atoms with Crippen LogP contribution in [-0.2, 0) is 10.3 Å². The van der Waals surface area contributed by atoms with E-state index in [0.717, 1.165) is 11.1 Å². The molecule has 162 valence electrons. The second-order valence-corrected chi connectivity index (χ2v) is 8.81. The summed E-state index contributed by atoms with van der Waals surface area (Å²) >= 11 is 0. The summed E-state index contributed by atoms with van der Waals surface area (Å²) in [4.78, 5) is 23.4. The van der Waals surface area contributed by atoms with E-state index in [9.17, 15) is 9.18 Å². The van der Waals surface area contributed by atoms with Crippen LogP contribution in [0.25, 0.3) is 11.1 Å². The van der Waals surface area contributed by atoms with Crippen LogP contribution in [0.5, 0.6) is 0 Å². The summed E-state index contributed by atoms with van der Waals surface area (Å²) in [7, 11) is 1.65. The number of nitrogens with zero attached hydrogens (tertiary/aromatic N) is 3. The Hall–Kier alpha value is -3.54. The fourth-order valence-electron chi connectivity index (χ4n) is 4.60. The predicted molar refractivity (Wildman–Crippen MR) is 123 cm³/mol. The summed E-state index contributed by atoms with van der Waals surface area (Å²) < 4.78 is 14.4. The summed E-state index contributed by atoms with van der Waals surface area (Å²) in [5.74, 6) is -0.398. The zero-order valence-corrected chi connectivity index (χ0v) is 18.1. The Bertz CT molecular complexity index is 1220. The van der Waals surface area contributed by atoms with Crippen molar-refractivity contribution in [3.63, 3.8) is 0 Å². The first-order valence-corrected chi connectivity index (χ1v) is 10.8. The van der Waals surface area contributed by atoms with E-state index < -0.39 is 17.4 Å². The lowest BCUT2D eigenvalue weighted by Gasteiger charge is -2.41. The molecule has 0 unspecified atom stereocenters. The summed E-state index contributed by atoms with van der Waals surface area (Å²) in [6.07, 6.45) is 3.87. The number of amides is 1. The average molecular weight is 429 g/mol. The maximum absolute atomic E-state index is 14.4. The van der Waals surface area contributed by atoms with Crippen molar-refractivity contribution in [1.82, 2.24) is 9.88 Å². The molecule has 1 aromatic heterocycles. The third kappa shape index (κ3) is 3.36. The van der Waals surface area contributed by atoms with Crippen molar-refractivity contribution >= 4 is 11.9 Å². The van der Waals surface area contributed by atoms with Gasteiger partial charge in [0, 0.05) is 18.8 Å². The second kappa shape index (κ2) is 7.55. The maximum atomic E-state index is 14.4. The Morgan fingerprint density at radius 1 is 1.06 bits per heavy atom. The van der Waals surface area contributed by atoms with E-state index >= 15 is 0 Å². The third-order valence-corrected chi connectivity index (χ3v) is 6.67. The van der Waals surface area contributed by atoms with Gasteiger partial charge in [0.1, 0.15) is 5.54 Å². The van der Waals surface area contributed by atoms with Crippen molar-refractivity contribution in [1.29, 1.82) is 0 Å². The smallest absolute Gasteiger partial charge is 0.239 e. The monoisotopic (exact) mass is 428 g/mol. The third-order valence-electron chi connectivity index (χ3n) is 6.67. The Balaban J connectivity index is 1.63. The molecule has 0 saturated heterocycles. The highest BCUT2D eigenvalue weighted by Crippen LogP contribution is 2.46. The maximum Gasteiger partial charge on any atom is 0.239 e. The van der Waals surface area contributed by atoms with Gasteiger partial charge < -0.3 is 5.73 Å². The van der Waals surface area contributed by atoms with Gasteiger partial charge in [0.25, 0.3) is 0 Å². The zero-order chi connectivity index (χ0) is 22.5. The Kier molecular flexibility index (Phi) is 4.81. The molecular formula is C26H25FN4O. The van der Waals surface area contributed by atoms with E-state index in [1.807, 2.05) is 43.3 Å². The number of hydrogen-bond acceptors (Lipinski definition) is 4. The van der Waals surface area contributed by atoms with Crippen molar-refractivity contribution < 1.29 is 9.18 Å². The predicted octanol–water partition coefficient (Wildman–Crippen LogP) is 4.55. The molecule has 5 rings (SSSR count). The van der Waals surface area contributed by atoms with Crippen LogP contribution in [0.15, 0.2) is 71.9 Å². The molecule has 0 spiro atoms. The molecule has 1 aliphatic heterocycles. The Morgan fingerprint density at radius 3 is 2.47 bits per heavy atom. The highest BCUT2D eigenvalue weighted by molar-refractivity contribution is 6.02. The molecular weight excluding hydrogens is 403 g/mol. The van der Waals surface area contributed by atoms with Gasteiger partial charge in [-0.1, -0.05) is 42.5 Å². The molecule has 1 amide bonds. The number of pyridine rings is 1. The normalized spacial score (nSPS) is 23.2. The molecule has 3 aromatic rings. The average Bonchev–Trinajstić information content (AvgIpc) is 3.64. The number of hydrogen-bond donors (Lipinski definition) is 1. The number of guanidine groups is 1. The zero-order valence-electron chi connectivity index (χ0n) is 18.1. The van der Waals surface area contributed by atoms with Gasteiger partial charge in [-0.05, 0) is 66.1 Å². The van der Waals surface area contributed by atoms with Crippen LogP contribution >= 0.6 is 0 Å². The SMILES string of the molecule is CN1C(=O)[C@H](c2ccc(C3CC3)cc2)[C@@](C)(c2cccc(-c3cccnc3F)c2)N=C1N. The van der Waals surface area contributed by atoms with Crippen molar-refractivity contribution in [3.05, 3.63) is 89.5 Å². The minimum Gasteiger partial charge on any atom is -0.369 e. The standard InChI is InChI=1S/C26H25FN4O/c1-26(20-6-3-5-19(15-20)21-7-4-14-29-23(21)27)22(24(32)31(2)25(28)30-26)18-12-10-17(11-13-18)16-8-9-16/h3-7,10-16,22H,8-9H2,1-2H3,(H2,28,30)/t22-,26+/m0/s1. The minimum atomic E-state index is -0.941. The molecule has 1 aliphatic carbocycles. The molecule has 2 aliphatic rings. The van der Waals surface area contributed by atoms with E-state index in [2.05, 4.69) is 17.1 Å². The van der Waals surface area contributed by atoms with Crippen molar-refractivity contribution in [2.24, 2.45) is 10.7 Å². The van der Waals surface area contributed by atoms with Gasteiger partial charge in [-0.25, -0.2) is 9.98 Å². The van der Waals surface area contributed by atoms with Gasteiger partial charge in [0.2, 0.25) is 11.9 Å². The first-order chi connectivity index (χ1) is 15.4. The minimum absolute atomic E-state index is 0.114. The van der Waals surface area contributed by atoms with E-state index in [-0.39, 0.29) is 11.9 Å². The van der Waals surface area contributed by atoms with Gasteiger partial charge in [-0.2, -0.15) is 4.39 Å². The lowest BCUT2D eigenvalue weighted by atomic mass is 9.74. The molecule has 5 nitrogen and oxygen atoms in total. The topological polar surface area (TPSA) is 71.6 Å². The molecule has 1 saturated carbocycles. The molecule has 1 fully saturated rings. The first-order valence-electron chi connectivity index (χ1n) is 10.8. The summed E-state index contributed by atoms with van der Waals surface area (Å²) in [6, 6.07) is 19.2. The van der Waals surface area contributed by atoms with Crippen LogP contribution in [0.1, 0.15) is 48.3 Å². The summed E-state index contributed by atoms with van der Waals surface area (Å²) in [6.45, 7) is 1.92. The van der Waals surface area contributed by atoms with Crippen LogP contribution < -0.4 is 5.73 Å². The van der Waals surface area contributed by atoms with Crippen LogP contribution in [0.3, 0.4) is 0 Å². The fraction of sp³-hybridized carbons (Fsp3) is 0.269. The molecule has 2 atom stereocenters. The number of rotatable bonds is 4. The molecule has 2 heterocycles. The highest BCUT2D eigenvalue weighted by atomic mass is 19.1. The van der Waals surface area contributed by atoms with E-state index in [1.54, 1.807) is 19.2 Å². The highest BCUT2D eigenvalue weighted by Gasteiger charge is 2.47. The van der Waals surface area contributed by atoms with Gasteiger partial charge in [0.05, 0.1) is 5.92 Å². The van der Waals surface area contributed by atoms with E-state index in [0.29, 0.717) is 17.0 Å². The fourth-order valence-corrected chi connectivity index (χ4v) is 4.60. The lowest BCUT2D eigenvalue weighted by molar-refractivity contribution is -0.130. The molecule has 0 radical (unpaired) electrons. The van der Waals surface area contributed by atoms with Crippen LogP contribution in [-0.4, -0.2) is 28.8 Å². The number of aliphatic imine (C=N–C) groups is 1. The summed E-state index contributed by atoms with van der Waals surface area (Å²) in [5, 5.41) is 0. The van der Waals surface area contributed by atoms with Crippen LogP contribution in [0.2, 0.25) is 0 Å². The van der Waals surface area contributed by atoms with Crippen LogP contribution in [0, 0.1) is 5.95 Å². The molecule has 32 heavy (non-hydrogen) atoms. The Labute approximate surface area is 186 Å². The number of aromatic nitrogens is 1. The van der Waals surface area contributed by atoms with Gasteiger partial charge >= 0.3 is 0 Å². The number of benzene rings is 2. The quantitative estimate of drug-likeness (QED) is 0.620. The second-order valence-electron chi connectivity index (χ2n) is 8.81. The van der Waals surface area contributed by atoms with Crippen molar-refractivity contribution in [3.8, 4) is 11.1 Å². The van der Waals surface area contributed by atoms with Crippen molar-refractivity contribution in [2.45, 2.75) is 37.1 Å². The number of carbonyl (C=O) groups is 1.